The number of carbonyl (C=O) groups excluding carboxylic acids is 3. The van der Waals surface area contributed by atoms with Crippen molar-refractivity contribution >= 4 is 23.8 Å². The van der Waals surface area contributed by atoms with Crippen LogP contribution in [0.2, 0.25) is 0 Å². The first kappa shape index (κ1) is 29.0. The first-order chi connectivity index (χ1) is 17.9. The largest absolute Gasteiger partial charge is 0.528 e. The molecular weight excluding hydrogens is 500 g/mol. The van der Waals surface area contributed by atoms with Gasteiger partial charge in [0.25, 0.3) is 0 Å². The van der Waals surface area contributed by atoms with Crippen LogP contribution in [0.15, 0.2) is 30.7 Å². The van der Waals surface area contributed by atoms with Gasteiger partial charge in [-0.05, 0) is 57.7 Å². The second kappa shape index (κ2) is 12.8. The average Bonchev–Trinajstić information content (AvgIpc) is 3.25. The minimum Gasteiger partial charge on any atom is -0.427 e. The molecular formula is C26H35F2N5O5. The third kappa shape index (κ3) is 9.09. The van der Waals surface area contributed by atoms with E-state index in [0.717, 1.165) is 18.2 Å². The van der Waals surface area contributed by atoms with Crippen molar-refractivity contribution in [2.75, 3.05) is 18.4 Å². The van der Waals surface area contributed by atoms with Gasteiger partial charge in [0, 0.05) is 31.4 Å². The highest BCUT2D eigenvalue weighted by molar-refractivity contribution is 5.96. The zero-order chi connectivity index (χ0) is 27.9. The molecule has 2 N–H and O–H groups in total. The van der Waals surface area contributed by atoms with E-state index in [1.807, 2.05) is 11.5 Å². The molecule has 0 spiro atoms. The third-order valence-corrected chi connectivity index (χ3v) is 5.81. The lowest BCUT2D eigenvalue weighted by Gasteiger charge is -2.31. The van der Waals surface area contributed by atoms with Gasteiger partial charge in [0.2, 0.25) is 11.8 Å². The van der Waals surface area contributed by atoms with E-state index in [9.17, 15) is 23.2 Å². The summed E-state index contributed by atoms with van der Waals surface area (Å²) in [4.78, 5) is 46.7. The molecule has 1 saturated heterocycles. The summed E-state index contributed by atoms with van der Waals surface area (Å²) in [7, 11) is 0. The fraction of sp³-hybridized carbons (Fsp3) is 0.538. The molecule has 3 rings (SSSR count). The predicted molar refractivity (Wildman–Crippen MR) is 135 cm³/mol. The van der Waals surface area contributed by atoms with Crippen LogP contribution in [0.25, 0.3) is 0 Å². The highest BCUT2D eigenvalue weighted by Crippen LogP contribution is 2.24. The number of amides is 2. The highest BCUT2D eigenvalue weighted by atomic mass is 19.1. The Morgan fingerprint density at radius 3 is 2.39 bits per heavy atom. The quantitative estimate of drug-likeness (QED) is 0.464. The summed E-state index contributed by atoms with van der Waals surface area (Å²) in [5.41, 5.74) is -0.455. The Morgan fingerprint density at radius 2 is 1.79 bits per heavy atom. The zero-order valence-corrected chi connectivity index (χ0v) is 22.1. The third-order valence-electron chi connectivity index (χ3n) is 5.81. The molecule has 208 valence electrons. The number of ether oxygens (including phenoxy) is 1. The number of rotatable bonds is 9. The van der Waals surface area contributed by atoms with E-state index in [-0.39, 0.29) is 18.0 Å². The number of imidazole rings is 1. The summed E-state index contributed by atoms with van der Waals surface area (Å²) in [6, 6.07) is 2.17. The molecule has 0 bridgehead atoms. The highest BCUT2D eigenvalue weighted by Gasteiger charge is 2.26. The minimum atomic E-state index is -0.829. The van der Waals surface area contributed by atoms with Gasteiger partial charge in [0.1, 0.15) is 23.3 Å². The number of anilines is 1. The van der Waals surface area contributed by atoms with Crippen LogP contribution >= 0.6 is 0 Å². The minimum absolute atomic E-state index is 0.101. The van der Waals surface area contributed by atoms with Crippen molar-refractivity contribution in [3.63, 3.8) is 0 Å². The molecule has 12 heteroatoms. The van der Waals surface area contributed by atoms with Crippen LogP contribution in [-0.2, 0) is 25.6 Å². The molecule has 0 aliphatic carbocycles. The lowest BCUT2D eigenvalue weighted by atomic mass is 10.1. The first-order valence-electron chi connectivity index (χ1n) is 12.7. The summed E-state index contributed by atoms with van der Waals surface area (Å²) in [5.74, 6) is -2.16. The lowest BCUT2D eigenvalue weighted by molar-refractivity contribution is -0.154. The SMILES string of the molecule is CCCC(NC(=O)Cc1cc(F)cc(F)c1)C(=O)Nc1cn(C2CCN(OC(=O)OC(C)(C)C)CC2)cn1. The molecule has 10 nitrogen and oxygen atoms in total. The number of halogens is 2. The monoisotopic (exact) mass is 535 g/mol. The standard InChI is InChI=1S/C26H35F2N5O5/c1-5-6-21(30-23(34)13-17-11-18(27)14-19(28)12-17)24(35)31-22-15-32(16-29-22)20-7-9-33(10-8-20)38-25(36)37-26(2,3)4/h11-12,14-16,20-21H,5-10,13H2,1-4H3,(H,30,34)(H,31,35). The Morgan fingerprint density at radius 1 is 1.13 bits per heavy atom. The number of hydroxylamine groups is 2. The van der Waals surface area contributed by atoms with Crippen molar-refractivity contribution in [3.05, 3.63) is 47.9 Å². The molecule has 2 amide bonds. The maximum atomic E-state index is 13.4. The lowest BCUT2D eigenvalue weighted by Crippen LogP contribution is -2.44. The van der Waals surface area contributed by atoms with Crippen LogP contribution in [0.3, 0.4) is 0 Å². The Kier molecular flexibility index (Phi) is 9.78. The van der Waals surface area contributed by atoms with Gasteiger partial charge in [-0.25, -0.2) is 18.6 Å². The van der Waals surface area contributed by atoms with Crippen molar-refractivity contribution in [1.82, 2.24) is 19.9 Å². The molecule has 1 aromatic heterocycles. The molecule has 1 aliphatic heterocycles. The molecule has 2 heterocycles. The van der Waals surface area contributed by atoms with Crippen LogP contribution < -0.4 is 10.6 Å². The fourth-order valence-corrected chi connectivity index (χ4v) is 4.12. The average molecular weight is 536 g/mol. The van der Waals surface area contributed by atoms with E-state index in [0.29, 0.717) is 44.6 Å². The number of nitrogens with zero attached hydrogens (tertiary/aromatic N) is 3. The van der Waals surface area contributed by atoms with Crippen LogP contribution in [-0.4, -0.2) is 57.3 Å². The van der Waals surface area contributed by atoms with Crippen molar-refractivity contribution in [2.24, 2.45) is 0 Å². The predicted octanol–water partition coefficient (Wildman–Crippen LogP) is 4.13. The molecule has 0 radical (unpaired) electrons. The molecule has 1 atom stereocenters. The Labute approximate surface area is 220 Å². The molecule has 0 saturated carbocycles. The van der Waals surface area contributed by atoms with Gasteiger partial charge in [0.05, 0.1) is 12.7 Å². The van der Waals surface area contributed by atoms with E-state index < -0.39 is 41.2 Å². The number of benzene rings is 1. The van der Waals surface area contributed by atoms with Crippen molar-refractivity contribution in [1.29, 1.82) is 0 Å². The Balaban J connectivity index is 1.50. The van der Waals surface area contributed by atoms with Crippen molar-refractivity contribution in [2.45, 2.75) is 77.5 Å². The summed E-state index contributed by atoms with van der Waals surface area (Å²) < 4.78 is 33.9. The van der Waals surface area contributed by atoms with Gasteiger partial charge in [-0.1, -0.05) is 13.3 Å². The molecule has 1 aliphatic rings. The van der Waals surface area contributed by atoms with Crippen LogP contribution in [0.1, 0.15) is 65.0 Å². The number of hydrogen-bond donors (Lipinski definition) is 2. The van der Waals surface area contributed by atoms with Crippen molar-refractivity contribution < 1.29 is 32.7 Å². The second-order valence-electron chi connectivity index (χ2n) is 10.3. The first-order valence-corrected chi connectivity index (χ1v) is 12.7. The van der Waals surface area contributed by atoms with Gasteiger partial charge < -0.3 is 24.8 Å². The fourth-order valence-electron chi connectivity index (χ4n) is 4.12. The van der Waals surface area contributed by atoms with E-state index in [1.165, 1.54) is 0 Å². The molecule has 1 unspecified atom stereocenters. The Bertz CT molecular complexity index is 1110. The van der Waals surface area contributed by atoms with Gasteiger partial charge >= 0.3 is 6.16 Å². The number of piperidine rings is 1. The maximum Gasteiger partial charge on any atom is 0.528 e. The van der Waals surface area contributed by atoms with Gasteiger partial charge in [-0.15, -0.1) is 5.06 Å². The zero-order valence-electron chi connectivity index (χ0n) is 22.1. The number of nitrogens with one attached hydrogen (secondary N) is 2. The maximum absolute atomic E-state index is 13.4. The number of aromatic nitrogens is 2. The summed E-state index contributed by atoms with van der Waals surface area (Å²) >= 11 is 0. The van der Waals surface area contributed by atoms with E-state index >= 15 is 0 Å². The Hall–Kier alpha value is -3.54. The summed E-state index contributed by atoms with van der Waals surface area (Å²) in [6.07, 6.45) is 4.75. The summed E-state index contributed by atoms with van der Waals surface area (Å²) in [6.45, 7) is 8.21. The topological polar surface area (TPSA) is 115 Å². The molecule has 1 fully saturated rings. The molecule has 38 heavy (non-hydrogen) atoms. The van der Waals surface area contributed by atoms with E-state index in [2.05, 4.69) is 15.6 Å². The molecule has 1 aromatic carbocycles. The smallest absolute Gasteiger partial charge is 0.427 e. The van der Waals surface area contributed by atoms with Gasteiger partial charge in [0.15, 0.2) is 5.82 Å². The van der Waals surface area contributed by atoms with Crippen LogP contribution in [0.5, 0.6) is 0 Å². The van der Waals surface area contributed by atoms with Gasteiger partial charge in [-0.2, -0.15) is 0 Å². The molecule has 2 aromatic rings. The van der Waals surface area contributed by atoms with E-state index in [4.69, 9.17) is 9.57 Å². The number of hydrogen-bond acceptors (Lipinski definition) is 7. The number of carbonyl (C=O) groups is 3. The van der Waals surface area contributed by atoms with Crippen molar-refractivity contribution in [3.8, 4) is 0 Å². The van der Waals surface area contributed by atoms with E-state index in [1.54, 1.807) is 38.4 Å². The van der Waals surface area contributed by atoms with Gasteiger partial charge in [-0.3, -0.25) is 9.59 Å². The normalized spacial score (nSPS) is 15.5. The van der Waals surface area contributed by atoms with Crippen LogP contribution in [0, 0.1) is 11.6 Å². The second-order valence-corrected chi connectivity index (χ2v) is 10.3. The van der Waals surface area contributed by atoms with Crippen LogP contribution in [0.4, 0.5) is 19.4 Å². The summed E-state index contributed by atoms with van der Waals surface area (Å²) in [5, 5.41) is 6.94.